The molecule has 2 amide bonds. The van der Waals surface area contributed by atoms with Gasteiger partial charge in [0.05, 0.1) is 31.0 Å². The predicted octanol–water partition coefficient (Wildman–Crippen LogP) is 3.56. The molecular formula is C17H15ClN2O5. The maximum absolute atomic E-state index is 12.2. The first-order chi connectivity index (χ1) is 11.9. The van der Waals surface area contributed by atoms with Crippen molar-refractivity contribution in [3.8, 4) is 0 Å². The third-order valence-electron chi connectivity index (χ3n) is 3.18. The molecule has 2 aromatic rings. The van der Waals surface area contributed by atoms with Gasteiger partial charge in [0.1, 0.15) is 0 Å². The highest BCUT2D eigenvalue weighted by molar-refractivity contribution is 6.30. The molecule has 0 aliphatic heterocycles. The summed E-state index contributed by atoms with van der Waals surface area (Å²) in [6, 6.07) is 10.0. The number of methoxy groups -OCH3 is 2. The van der Waals surface area contributed by atoms with Crippen LogP contribution in [0.2, 0.25) is 5.02 Å². The van der Waals surface area contributed by atoms with Crippen LogP contribution in [-0.4, -0.2) is 32.2 Å². The molecule has 2 aromatic carbocycles. The quantitative estimate of drug-likeness (QED) is 0.811. The molecule has 7 nitrogen and oxygen atoms in total. The average molecular weight is 363 g/mol. The van der Waals surface area contributed by atoms with Gasteiger partial charge < -0.3 is 20.1 Å². The van der Waals surface area contributed by atoms with E-state index in [0.717, 1.165) is 0 Å². The van der Waals surface area contributed by atoms with E-state index in [-0.39, 0.29) is 16.8 Å². The van der Waals surface area contributed by atoms with E-state index >= 15 is 0 Å². The van der Waals surface area contributed by atoms with E-state index in [1.54, 1.807) is 24.3 Å². The largest absolute Gasteiger partial charge is 0.465 e. The summed E-state index contributed by atoms with van der Waals surface area (Å²) in [5.41, 5.74) is 0.840. The summed E-state index contributed by atoms with van der Waals surface area (Å²) in [7, 11) is 2.45. The van der Waals surface area contributed by atoms with Crippen LogP contribution in [0.15, 0.2) is 42.5 Å². The smallest absolute Gasteiger partial charge is 0.339 e. The fourth-order valence-corrected chi connectivity index (χ4v) is 2.22. The first kappa shape index (κ1) is 18.3. The van der Waals surface area contributed by atoms with Crippen molar-refractivity contribution in [2.24, 2.45) is 0 Å². The molecule has 0 aliphatic rings. The summed E-state index contributed by atoms with van der Waals surface area (Å²) in [4.78, 5) is 35.7. The lowest BCUT2D eigenvalue weighted by Crippen LogP contribution is -2.21. The van der Waals surface area contributed by atoms with Gasteiger partial charge in [-0.05, 0) is 36.4 Å². The Kier molecular flexibility index (Phi) is 5.97. The molecule has 0 unspecified atom stereocenters. The predicted molar refractivity (Wildman–Crippen MR) is 93.2 cm³/mol. The van der Waals surface area contributed by atoms with Gasteiger partial charge in [-0.15, -0.1) is 0 Å². The van der Waals surface area contributed by atoms with E-state index in [1.165, 1.54) is 32.4 Å². The molecule has 2 rings (SSSR count). The molecule has 0 radical (unpaired) electrons. The summed E-state index contributed by atoms with van der Waals surface area (Å²) in [5, 5.41) is 5.55. The molecule has 0 aliphatic carbocycles. The molecule has 8 heteroatoms. The van der Waals surface area contributed by atoms with Crippen LogP contribution in [0.1, 0.15) is 20.7 Å². The van der Waals surface area contributed by atoms with Crippen LogP contribution in [0.3, 0.4) is 0 Å². The number of hydrogen-bond donors (Lipinski definition) is 2. The zero-order valence-electron chi connectivity index (χ0n) is 13.5. The number of hydrogen-bond acceptors (Lipinski definition) is 5. The molecule has 0 fully saturated rings. The average Bonchev–Trinajstić information content (AvgIpc) is 2.60. The number of benzene rings is 2. The standard InChI is InChI=1S/C17H15ClN2O5/c1-24-15(21)10-6-7-13(16(22)25-2)14(8-10)20-17(23)19-12-5-3-4-11(18)9-12/h3-9H,1-2H3,(H2,19,20,23). The lowest BCUT2D eigenvalue weighted by Gasteiger charge is -2.12. The normalized spacial score (nSPS) is 9.88. The zero-order chi connectivity index (χ0) is 18.4. The lowest BCUT2D eigenvalue weighted by molar-refractivity contribution is 0.0587. The summed E-state index contributed by atoms with van der Waals surface area (Å²) < 4.78 is 9.31. The first-order valence-electron chi connectivity index (χ1n) is 7.09. The molecular weight excluding hydrogens is 348 g/mol. The Morgan fingerprint density at radius 1 is 0.920 bits per heavy atom. The van der Waals surface area contributed by atoms with Gasteiger partial charge in [-0.3, -0.25) is 0 Å². The lowest BCUT2D eigenvalue weighted by atomic mass is 10.1. The minimum atomic E-state index is -0.658. The van der Waals surface area contributed by atoms with E-state index in [4.69, 9.17) is 11.6 Å². The topological polar surface area (TPSA) is 93.7 Å². The molecule has 130 valence electrons. The van der Waals surface area contributed by atoms with Crippen LogP contribution in [0.5, 0.6) is 0 Å². The van der Waals surface area contributed by atoms with Crippen molar-refractivity contribution >= 4 is 40.9 Å². The minimum absolute atomic E-state index is 0.0939. The van der Waals surface area contributed by atoms with Crippen molar-refractivity contribution in [2.75, 3.05) is 24.9 Å². The van der Waals surface area contributed by atoms with E-state index in [0.29, 0.717) is 10.7 Å². The number of ether oxygens (including phenoxy) is 2. The molecule has 2 N–H and O–H groups in total. The summed E-state index contributed by atoms with van der Waals surface area (Å²) in [5.74, 6) is -1.26. The van der Waals surface area contributed by atoms with E-state index < -0.39 is 18.0 Å². The van der Waals surface area contributed by atoms with Crippen LogP contribution in [0, 0.1) is 0 Å². The summed E-state index contributed by atoms with van der Waals surface area (Å²) in [6.45, 7) is 0. The van der Waals surface area contributed by atoms with E-state index in [9.17, 15) is 14.4 Å². The Labute approximate surface area is 148 Å². The third kappa shape index (κ3) is 4.71. The Morgan fingerprint density at radius 2 is 1.64 bits per heavy atom. The SMILES string of the molecule is COC(=O)c1ccc(C(=O)OC)c(NC(=O)Nc2cccc(Cl)c2)c1. The number of carbonyl (C=O) groups excluding carboxylic acids is 3. The van der Waals surface area contributed by atoms with Crippen LogP contribution >= 0.6 is 11.6 Å². The van der Waals surface area contributed by atoms with Crippen LogP contribution in [0.4, 0.5) is 16.2 Å². The maximum Gasteiger partial charge on any atom is 0.339 e. The van der Waals surface area contributed by atoms with Gasteiger partial charge in [0.25, 0.3) is 0 Å². The Balaban J connectivity index is 2.27. The number of halogens is 1. The monoisotopic (exact) mass is 362 g/mol. The van der Waals surface area contributed by atoms with Crippen molar-refractivity contribution in [1.82, 2.24) is 0 Å². The van der Waals surface area contributed by atoms with Crippen LogP contribution in [-0.2, 0) is 9.47 Å². The number of rotatable bonds is 4. The highest BCUT2D eigenvalue weighted by atomic mass is 35.5. The number of urea groups is 1. The summed E-state index contributed by atoms with van der Waals surface area (Å²) in [6.07, 6.45) is 0. The third-order valence-corrected chi connectivity index (χ3v) is 3.41. The van der Waals surface area contributed by atoms with Gasteiger partial charge in [-0.25, -0.2) is 14.4 Å². The van der Waals surface area contributed by atoms with Crippen molar-refractivity contribution in [1.29, 1.82) is 0 Å². The molecule has 0 atom stereocenters. The van der Waals surface area contributed by atoms with Gasteiger partial charge >= 0.3 is 18.0 Å². The molecule has 0 heterocycles. The van der Waals surface area contributed by atoms with Crippen LogP contribution < -0.4 is 10.6 Å². The zero-order valence-corrected chi connectivity index (χ0v) is 14.2. The van der Waals surface area contributed by atoms with Gasteiger partial charge in [0.15, 0.2) is 0 Å². The Hall–Kier alpha value is -3.06. The van der Waals surface area contributed by atoms with E-state index in [1.807, 2.05) is 0 Å². The Bertz CT molecular complexity index is 822. The molecule has 0 spiro atoms. The second kappa shape index (κ2) is 8.16. The van der Waals surface area contributed by atoms with Gasteiger partial charge in [-0.2, -0.15) is 0 Å². The summed E-state index contributed by atoms with van der Waals surface area (Å²) >= 11 is 5.86. The molecule has 0 saturated heterocycles. The molecule has 25 heavy (non-hydrogen) atoms. The molecule has 0 saturated carbocycles. The highest BCUT2D eigenvalue weighted by Gasteiger charge is 2.17. The van der Waals surface area contributed by atoms with Gasteiger partial charge in [-0.1, -0.05) is 17.7 Å². The number of carbonyl (C=O) groups is 3. The fourth-order valence-electron chi connectivity index (χ4n) is 2.03. The van der Waals surface area contributed by atoms with Crippen molar-refractivity contribution in [2.45, 2.75) is 0 Å². The second-order valence-electron chi connectivity index (χ2n) is 4.83. The number of amides is 2. The fraction of sp³-hybridized carbons (Fsp3) is 0.118. The second-order valence-corrected chi connectivity index (χ2v) is 5.27. The number of nitrogens with one attached hydrogen (secondary N) is 2. The van der Waals surface area contributed by atoms with Crippen molar-refractivity contribution in [3.05, 3.63) is 58.6 Å². The van der Waals surface area contributed by atoms with Crippen molar-refractivity contribution < 1.29 is 23.9 Å². The van der Waals surface area contributed by atoms with Crippen molar-refractivity contribution in [3.63, 3.8) is 0 Å². The molecule has 0 bridgehead atoms. The molecule has 0 aromatic heterocycles. The van der Waals surface area contributed by atoms with E-state index in [2.05, 4.69) is 20.1 Å². The van der Waals surface area contributed by atoms with Gasteiger partial charge in [0.2, 0.25) is 0 Å². The number of anilines is 2. The Morgan fingerprint density at radius 3 is 2.28 bits per heavy atom. The highest BCUT2D eigenvalue weighted by Crippen LogP contribution is 2.21. The maximum atomic E-state index is 12.2. The van der Waals surface area contributed by atoms with Gasteiger partial charge in [0, 0.05) is 10.7 Å². The minimum Gasteiger partial charge on any atom is -0.465 e. The van der Waals surface area contributed by atoms with Crippen LogP contribution in [0.25, 0.3) is 0 Å². The first-order valence-corrected chi connectivity index (χ1v) is 7.46. The number of esters is 2.